The van der Waals surface area contributed by atoms with Gasteiger partial charge in [-0.15, -0.1) is 0 Å². The van der Waals surface area contributed by atoms with Gasteiger partial charge in [0.15, 0.2) is 0 Å². The van der Waals surface area contributed by atoms with E-state index in [9.17, 15) is 9.59 Å². The number of aryl methyl sites for hydroxylation is 1. The molecule has 0 aliphatic rings. The normalized spacial score (nSPS) is 10.2. The van der Waals surface area contributed by atoms with Gasteiger partial charge in [-0.1, -0.05) is 22.4 Å². The molecule has 5 nitrogen and oxygen atoms in total. The number of carbonyl (C=O) groups is 2. The van der Waals surface area contributed by atoms with Crippen molar-refractivity contribution in [3.63, 3.8) is 0 Å². The first-order valence-corrected chi connectivity index (χ1v) is 7.79. The number of benzene rings is 1. The number of halogens is 1. The third kappa shape index (κ3) is 6.62. The average molecular weight is 356 g/mol. The van der Waals surface area contributed by atoms with E-state index in [2.05, 4.69) is 26.6 Å². The van der Waals surface area contributed by atoms with Gasteiger partial charge in [0.2, 0.25) is 11.8 Å². The zero-order valence-corrected chi connectivity index (χ0v) is 14.0. The molecule has 0 radical (unpaired) electrons. The first kappa shape index (κ1) is 17.5. The van der Waals surface area contributed by atoms with Crippen LogP contribution in [0.5, 0.6) is 0 Å². The van der Waals surface area contributed by atoms with Gasteiger partial charge in [-0.2, -0.15) is 0 Å². The summed E-state index contributed by atoms with van der Waals surface area (Å²) in [6.45, 7) is 4.06. The minimum Gasteiger partial charge on any atom is -0.397 e. The predicted octanol–water partition coefficient (Wildman–Crippen LogP) is 2.97. The number of nitrogen functional groups attached to an aromatic ring is 1. The number of amides is 2. The van der Waals surface area contributed by atoms with Gasteiger partial charge in [0, 0.05) is 24.4 Å². The first-order valence-electron chi connectivity index (χ1n) is 7.00. The van der Waals surface area contributed by atoms with Crippen molar-refractivity contribution in [1.82, 2.24) is 5.32 Å². The Morgan fingerprint density at radius 2 is 1.95 bits per heavy atom. The molecule has 21 heavy (non-hydrogen) atoms. The molecule has 0 heterocycles. The monoisotopic (exact) mass is 355 g/mol. The Hall–Kier alpha value is -1.56. The molecule has 0 aliphatic carbocycles. The first-order chi connectivity index (χ1) is 9.90. The van der Waals surface area contributed by atoms with E-state index in [-0.39, 0.29) is 11.8 Å². The maximum Gasteiger partial charge on any atom is 0.224 e. The van der Waals surface area contributed by atoms with Crippen LogP contribution >= 0.6 is 15.9 Å². The molecule has 0 aromatic heterocycles. The standard InChI is InChI=1S/C15H22BrN3O2/c1-10-8-12(16)9-13(15(10)17)19-14(21)6-4-3-5-7-18-11(2)20/h8-9H,3-7,17H2,1-2H3,(H,18,20)(H,19,21). The van der Waals surface area contributed by atoms with Crippen molar-refractivity contribution in [2.45, 2.75) is 39.5 Å². The highest BCUT2D eigenvalue weighted by Crippen LogP contribution is 2.27. The van der Waals surface area contributed by atoms with Crippen LogP contribution in [0.1, 0.15) is 38.2 Å². The molecule has 6 heteroatoms. The van der Waals surface area contributed by atoms with Gasteiger partial charge in [0.25, 0.3) is 0 Å². The summed E-state index contributed by atoms with van der Waals surface area (Å²) in [5.41, 5.74) is 8.11. The van der Waals surface area contributed by atoms with Gasteiger partial charge in [-0.3, -0.25) is 9.59 Å². The van der Waals surface area contributed by atoms with E-state index in [1.165, 1.54) is 6.92 Å². The second kappa shape index (κ2) is 8.67. The summed E-state index contributed by atoms with van der Waals surface area (Å²) < 4.78 is 0.889. The molecule has 116 valence electrons. The summed E-state index contributed by atoms with van der Waals surface area (Å²) in [5.74, 6) is -0.0630. The Bertz CT molecular complexity index is 518. The number of carbonyl (C=O) groups excluding carboxylic acids is 2. The van der Waals surface area contributed by atoms with Crippen molar-refractivity contribution in [1.29, 1.82) is 0 Å². The summed E-state index contributed by atoms with van der Waals surface area (Å²) in [6, 6.07) is 3.71. The number of rotatable bonds is 7. The Labute approximate surface area is 133 Å². The van der Waals surface area contributed by atoms with Crippen LogP contribution in [0.2, 0.25) is 0 Å². The van der Waals surface area contributed by atoms with Gasteiger partial charge in [0.05, 0.1) is 11.4 Å². The second-order valence-corrected chi connectivity index (χ2v) is 5.94. The highest BCUT2D eigenvalue weighted by atomic mass is 79.9. The van der Waals surface area contributed by atoms with Gasteiger partial charge < -0.3 is 16.4 Å². The summed E-state index contributed by atoms with van der Waals surface area (Å²) in [7, 11) is 0. The highest BCUT2D eigenvalue weighted by Gasteiger charge is 2.08. The number of anilines is 2. The lowest BCUT2D eigenvalue weighted by atomic mass is 10.1. The van der Waals surface area contributed by atoms with Crippen LogP contribution in [0.15, 0.2) is 16.6 Å². The Kier molecular flexibility index (Phi) is 7.22. The van der Waals surface area contributed by atoms with Gasteiger partial charge in [0.1, 0.15) is 0 Å². The van der Waals surface area contributed by atoms with Crippen molar-refractivity contribution < 1.29 is 9.59 Å². The quantitative estimate of drug-likeness (QED) is 0.519. The molecule has 0 aliphatic heterocycles. The van der Waals surface area contributed by atoms with E-state index in [4.69, 9.17) is 5.73 Å². The number of hydrogen-bond acceptors (Lipinski definition) is 3. The van der Waals surface area contributed by atoms with Crippen LogP contribution in [0.25, 0.3) is 0 Å². The van der Waals surface area contributed by atoms with E-state index in [1.54, 1.807) is 6.07 Å². The molecular formula is C15H22BrN3O2. The van der Waals surface area contributed by atoms with Crippen molar-refractivity contribution in [2.24, 2.45) is 0 Å². The van der Waals surface area contributed by atoms with Crippen molar-refractivity contribution >= 4 is 39.1 Å². The number of nitrogens with one attached hydrogen (secondary N) is 2. The summed E-state index contributed by atoms with van der Waals surface area (Å²) in [6.07, 6.45) is 3.02. The molecule has 1 aromatic carbocycles. The van der Waals surface area contributed by atoms with Crippen LogP contribution in [-0.4, -0.2) is 18.4 Å². The molecule has 0 saturated heterocycles. The molecular weight excluding hydrogens is 334 g/mol. The fourth-order valence-corrected chi connectivity index (χ4v) is 2.49. The van der Waals surface area contributed by atoms with E-state index in [0.29, 0.717) is 24.3 Å². The maximum absolute atomic E-state index is 11.9. The van der Waals surface area contributed by atoms with Crippen molar-refractivity contribution in [2.75, 3.05) is 17.6 Å². The SMILES string of the molecule is CC(=O)NCCCCCC(=O)Nc1cc(Br)cc(C)c1N. The molecule has 2 amide bonds. The van der Waals surface area contributed by atoms with Crippen molar-refractivity contribution in [3.8, 4) is 0 Å². The minimum atomic E-state index is -0.0428. The smallest absolute Gasteiger partial charge is 0.224 e. The van der Waals surface area contributed by atoms with Crippen molar-refractivity contribution in [3.05, 3.63) is 22.2 Å². The molecule has 0 fully saturated rings. The van der Waals surface area contributed by atoms with Crippen LogP contribution in [0.4, 0.5) is 11.4 Å². The van der Waals surface area contributed by atoms with E-state index < -0.39 is 0 Å². The maximum atomic E-state index is 11.9. The van der Waals surface area contributed by atoms with Gasteiger partial charge in [-0.05, 0) is 37.5 Å². The number of nitrogens with two attached hydrogens (primary N) is 1. The molecule has 1 rings (SSSR count). The van der Waals surface area contributed by atoms with E-state index >= 15 is 0 Å². The lowest BCUT2D eigenvalue weighted by Gasteiger charge is -2.11. The van der Waals surface area contributed by atoms with Gasteiger partial charge in [-0.25, -0.2) is 0 Å². The lowest BCUT2D eigenvalue weighted by Crippen LogP contribution is -2.20. The van der Waals surface area contributed by atoms with E-state index in [0.717, 1.165) is 29.3 Å². The molecule has 4 N–H and O–H groups in total. The topological polar surface area (TPSA) is 84.2 Å². The molecule has 0 atom stereocenters. The zero-order valence-electron chi connectivity index (χ0n) is 12.5. The third-order valence-corrected chi connectivity index (χ3v) is 3.54. The van der Waals surface area contributed by atoms with Crippen LogP contribution in [0, 0.1) is 6.92 Å². The van der Waals surface area contributed by atoms with Crippen LogP contribution in [-0.2, 0) is 9.59 Å². The number of hydrogen-bond donors (Lipinski definition) is 3. The second-order valence-electron chi connectivity index (χ2n) is 5.03. The fourth-order valence-electron chi connectivity index (χ4n) is 1.92. The van der Waals surface area contributed by atoms with Crippen LogP contribution < -0.4 is 16.4 Å². The van der Waals surface area contributed by atoms with Crippen LogP contribution in [0.3, 0.4) is 0 Å². The molecule has 0 unspecified atom stereocenters. The zero-order chi connectivity index (χ0) is 15.8. The average Bonchev–Trinajstić information content (AvgIpc) is 2.39. The summed E-state index contributed by atoms with van der Waals surface area (Å²) in [4.78, 5) is 22.6. The summed E-state index contributed by atoms with van der Waals surface area (Å²) >= 11 is 3.39. The third-order valence-electron chi connectivity index (χ3n) is 3.08. The Morgan fingerprint density at radius 3 is 2.62 bits per heavy atom. The van der Waals surface area contributed by atoms with Gasteiger partial charge >= 0.3 is 0 Å². The van der Waals surface area contributed by atoms with E-state index in [1.807, 2.05) is 13.0 Å². The largest absolute Gasteiger partial charge is 0.397 e. The Morgan fingerprint density at radius 1 is 1.24 bits per heavy atom. The Balaban J connectivity index is 2.33. The molecule has 0 saturated carbocycles. The molecule has 0 bridgehead atoms. The predicted molar refractivity (Wildman–Crippen MR) is 89.1 cm³/mol. The molecule has 0 spiro atoms. The summed E-state index contributed by atoms with van der Waals surface area (Å²) in [5, 5.41) is 5.57. The number of unbranched alkanes of at least 4 members (excludes halogenated alkanes) is 2. The molecule has 1 aromatic rings. The lowest BCUT2D eigenvalue weighted by molar-refractivity contribution is -0.119. The highest BCUT2D eigenvalue weighted by molar-refractivity contribution is 9.10. The fraction of sp³-hybridized carbons (Fsp3) is 0.467. The minimum absolute atomic E-state index is 0.0201.